The van der Waals surface area contributed by atoms with E-state index in [1.807, 2.05) is 35.0 Å². The van der Waals surface area contributed by atoms with Crippen LogP contribution >= 0.6 is 0 Å². The molecular formula is C13H18N4O. The molecule has 5 heteroatoms. The molecule has 0 fully saturated rings. The molecule has 0 saturated heterocycles. The van der Waals surface area contributed by atoms with E-state index in [2.05, 4.69) is 10.3 Å². The van der Waals surface area contributed by atoms with E-state index in [0.717, 1.165) is 30.8 Å². The molecule has 0 unspecified atom stereocenters. The van der Waals surface area contributed by atoms with Gasteiger partial charge in [-0.3, -0.25) is 0 Å². The fraction of sp³-hybridized carbons (Fsp3) is 0.385. The average molecular weight is 246 g/mol. The van der Waals surface area contributed by atoms with E-state index >= 15 is 0 Å². The molecule has 0 atom stereocenters. The van der Waals surface area contributed by atoms with Gasteiger partial charge in [-0.2, -0.15) is 0 Å². The zero-order valence-electron chi connectivity index (χ0n) is 10.3. The Labute approximate surface area is 107 Å². The summed E-state index contributed by atoms with van der Waals surface area (Å²) in [5, 5.41) is 7.93. The number of nitrogens with zero attached hydrogens (tertiary/aromatic N) is 3. The van der Waals surface area contributed by atoms with Crippen LogP contribution in [0.2, 0.25) is 0 Å². The van der Waals surface area contributed by atoms with Gasteiger partial charge in [0.05, 0.1) is 18.5 Å². The molecule has 96 valence electrons. The Hall–Kier alpha value is -1.88. The van der Waals surface area contributed by atoms with E-state index in [1.54, 1.807) is 6.20 Å². The third-order valence-electron chi connectivity index (χ3n) is 2.62. The highest BCUT2D eigenvalue weighted by molar-refractivity contribution is 5.20. The van der Waals surface area contributed by atoms with Gasteiger partial charge in [0.1, 0.15) is 5.75 Å². The molecule has 0 aliphatic rings. The Morgan fingerprint density at radius 1 is 1.22 bits per heavy atom. The molecule has 2 N–H and O–H groups in total. The van der Waals surface area contributed by atoms with Crippen molar-refractivity contribution < 1.29 is 4.74 Å². The van der Waals surface area contributed by atoms with Crippen molar-refractivity contribution in [1.82, 2.24) is 15.0 Å². The normalized spacial score (nSPS) is 10.5. The van der Waals surface area contributed by atoms with E-state index in [1.165, 1.54) is 0 Å². The molecule has 2 rings (SSSR count). The van der Waals surface area contributed by atoms with Crippen LogP contribution in [0.25, 0.3) is 0 Å². The molecule has 2 aromatic rings. The van der Waals surface area contributed by atoms with Crippen LogP contribution in [-0.4, -0.2) is 28.1 Å². The van der Waals surface area contributed by atoms with Gasteiger partial charge in [0.15, 0.2) is 0 Å². The van der Waals surface area contributed by atoms with Crippen LogP contribution < -0.4 is 10.5 Å². The monoisotopic (exact) mass is 246 g/mol. The molecule has 5 nitrogen and oxygen atoms in total. The summed E-state index contributed by atoms with van der Waals surface area (Å²) in [4.78, 5) is 0. The van der Waals surface area contributed by atoms with E-state index in [9.17, 15) is 0 Å². The zero-order valence-corrected chi connectivity index (χ0v) is 10.3. The summed E-state index contributed by atoms with van der Waals surface area (Å²) >= 11 is 0. The standard InChI is InChI=1S/C13H18N4O/c14-8-7-12-11-15-16-17(12)9-4-10-18-13-5-2-1-3-6-13/h1-3,5-6,11H,4,7-10,14H2. The Morgan fingerprint density at radius 3 is 2.83 bits per heavy atom. The van der Waals surface area contributed by atoms with Crippen LogP contribution in [0.3, 0.4) is 0 Å². The number of para-hydroxylation sites is 1. The Balaban J connectivity index is 1.73. The van der Waals surface area contributed by atoms with Gasteiger partial charge in [-0.05, 0) is 18.7 Å². The van der Waals surface area contributed by atoms with Crippen molar-refractivity contribution >= 4 is 0 Å². The van der Waals surface area contributed by atoms with Gasteiger partial charge in [-0.15, -0.1) is 5.10 Å². The van der Waals surface area contributed by atoms with Crippen molar-refractivity contribution in [3.05, 3.63) is 42.2 Å². The van der Waals surface area contributed by atoms with Crippen molar-refractivity contribution in [3.63, 3.8) is 0 Å². The number of aromatic nitrogens is 3. The molecule has 0 aliphatic carbocycles. The second kappa shape index (κ2) is 6.76. The summed E-state index contributed by atoms with van der Waals surface area (Å²) in [5.74, 6) is 0.901. The number of hydrogen-bond acceptors (Lipinski definition) is 4. The molecule has 0 amide bonds. The van der Waals surface area contributed by atoms with Gasteiger partial charge in [-0.1, -0.05) is 23.4 Å². The first kappa shape index (κ1) is 12.6. The van der Waals surface area contributed by atoms with Crippen molar-refractivity contribution in [2.75, 3.05) is 13.2 Å². The van der Waals surface area contributed by atoms with E-state index in [4.69, 9.17) is 10.5 Å². The Morgan fingerprint density at radius 2 is 2.06 bits per heavy atom. The maximum Gasteiger partial charge on any atom is 0.119 e. The lowest BCUT2D eigenvalue weighted by Crippen LogP contribution is -2.12. The summed E-state index contributed by atoms with van der Waals surface area (Å²) in [6, 6.07) is 9.81. The number of ether oxygens (including phenoxy) is 1. The van der Waals surface area contributed by atoms with Crippen LogP contribution in [-0.2, 0) is 13.0 Å². The molecular weight excluding hydrogens is 228 g/mol. The van der Waals surface area contributed by atoms with Crippen molar-refractivity contribution in [2.24, 2.45) is 5.73 Å². The summed E-state index contributed by atoms with van der Waals surface area (Å²) in [5.41, 5.74) is 6.61. The molecule has 18 heavy (non-hydrogen) atoms. The van der Waals surface area contributed by atoms with Gasteiger partial charge in [0.25, 0.3) is 0 Å². The molecule has 0 spiro atoms. The van der Waals surface area contributed by atoms with Crippen LogP contribution in [0.1, 0.15) is 12.1 Å². The van der Waals surface area contributed by atoms with Crippen molar-refractivity contribution in [3.8, 4) is 5.75 Å². The van der Waals surface area contributed by atoms with Gasteiger partial charge in [0, 0.05) is 19.4 Å². The number of nitrogens with two attached hydrogens (primary N) is 1. The fourth-order valence-electron chi connectivity index (χ4n) is 1.73. The number of rotatable bonds is 7. The minimum Gasteiger partial charge on any atom is -0.494 e. The lowest BCUT2D eigenvalue weighted by Gasteiger charge is -2.07. The Kier molecular flexibility index (Phi) is 4.72. The topological polar surface area (TPSA) is 66.0 Å². The first-order chi connectivity index (χ1) is 8.90. The average Bonchev–Trinajstić information content (AvgIpc) is 2.84. The quantitative estimate of drug-likeness (QED) is 0.747. The summed E-state index contributed by atoms with van der Waals surface area (Å²) in [6.45, 7) is 2.10. The van der Waals surface area contributed by atoms with E-state index in [-0.39, 0.29) is 0 Å². The molecule has 1 heterocycles. The molecule has 0 saturated carbocycles. The third kappa shape index (κ3) is 3.56. The summed E-state index contributed by atoms with van der Waals surface area (Å²) in [6.07, 6.45) is 3.48. The van der Waals surface area contributed by atoms with E-state index < -0.39 is 0 Å². The van der Waals surface area contributed by atoms with Crippen LogP contribution in [0.4, 0.5) is 0 Å². The first-order valence-corrected chi connectivity index (χ1v) is 6.15. The molecule has 1 aromatic heterocycles. The van der Waals surface area contributed by atoms with Gasteiger partial charge >= 0.3 is 0 Å². The lowest BCUT2D eigenvalue weighted by molar-refractivity contribution is 0.297. The first-order valence-electron chi connectivity index (χ1n) is 6.15. The predicted molar refractivity (Wildman–Crippen MR) is 69.3 cm³/mol. The van der Waals surface area contributed by atoms with Crippen LogP contribution in [0.5, 0.6) is 5.75 Å². The van der Waals surface area contributed by atoms with Gasteiger partial charge in [-0.25, -0.2) is 4.68 Å². The lowest BCUT2D eigenvalue weighted by atomic mass is 10.3. The maximum absolute atomic E-state index is 5.62. The molecule has 0 bridgehead atoms. The Bertz CT molecular complexity index is 455. The maximum atomic E-state index is 5.62. The second-order valence-electron chi connectivity index (χ2n) is 4.00. The minimum absolute atomic E-state index is 0.619. The number of aryl methyl sites for hydroxylation is 1. The summed E-state index contributed by atoms with van der Waals surface area (Å²) < 4.78 is 7.51. The number of benzene rings is 1. The van der Waals surface area contributed by atoms with Crippen molar-refractivity contribution in [1.29, 1.82) is 0 Å². The fourth-order valence-corrected chi connectivity index (χ4v) is 1.73. The van der Waals surface area contributed by atoms with Gasteiger partial charge in [0.2, 0.25) is 0 Å². The predicted octanol–water partition coefficient (Wildman–Crippen LogP) is 1.25. The SMILES string of the molecule is NCCc1cnnn1CCCOc1ccccc1. The van der Waals surface area contributed by atoms with Crippen LogP contribution in [0, 0.1) is 0 Å². The van der Waals surface area contributed by atoms with Gasteiger partial charge < -0.3 is 10.5 Å². The highest BCUT2D eigenvalue weighted by atomic mass is 16.5. The van der Waals surface area contributed by atoms with Crippen LogP contribution in [0.15, 0.2) is 36.5 Å². The van der Waals surface area contributed by atoms with E-state index in [0.29, 0.717) is 13.2 Å². The molecule has 0 aliphatic heterocycles. The van der Waals surface area contributed by atoms with Crippen molar-refractivity contribution in [2.45, 2.75) is 19.4 Å². The second-order valence-corrected chi connectivity index (χ2v) is 4.00. The number of hydrogen-bond donors (Lipinski definition) is 1. The highest BCUT2D eigenvalue weighted by Gasteiger charge is 2.02. The summed E-state index contributed by atoms with van der Waals surface area (Å²) in [7, 11) is 0. The smallest absolute Gasteiger partial charge is 0.119 e. The minimum atomic E-state index is 0.619. The largest absolute Gasteiger partial charge is 0.494 e. The zero-order chi connectivity index (χ0) is 12.6. The molecule has 1 aromatic carbocycles. The molecule has 0 radical (unpaired) electrons. The highest BCUT2D eigenvalue weighted by Crippen LogP contribution is 2.08. The third-order valence-corrected chi connectivity index (χ3v) is 2.62.